The highest BCUT2D eigenvalue weighted by molar-refractivity contribution is 7.88. The van der Waals surface area contributed by atoms with Crippen LogP contribution in [0.15, 0.2) is 0 Å². The van der Waals surface area contributed by atoms with Crippen molar-refractivity contribution in [2.24, 2.45) is 17.6 Å². The molecule has 2 heterocycles. The van der Waals surface area contributed by atoms with Crippen LogP contribution >= 0.6 is 0 Å². The Morgan fingerprint density at radius 1 is 1.17 bits per heavy atom. The lowest BCUT2D eigenvalue weighted by Gasteiger charge is -2.33. The number of hydrogen-bond acceptors (Lipinski definition) is 4. The fraction of sp³-hybridized carbons (Fsp3) is 1.00. The zero-order valence-electron chi connectivity index (χ0n) is 11.2. The summed E-state index contributed by atoms with van der Waals surface area (Å²) in [6.45, 7) is 5.41. The molecule has 2 aliphatic rings. The Balaban J connectivity index is 1.83. The molecule has 0 saturated carbocycles. The second kappa shape index (κ2) is 5.86. The molecule has 18 heavy (non-hydrogen) atoms. The Morgan fingerprint density at radius 3 is 2.56 bits per heavy atom. The van der Waals surface area contributed by atoms with Gasteiger partial charge in [-0.2, -0.15) is 0 Å². The first-order valence-corrected chi connectivity index (χ1v) is 8.71. The average molecular weight is 275 g/mol. The highest BCUT2D eigenvalue weighted by Crippen LogP contribution is 2.22. The number of rotatable bonds is 4. The molecule has 0 radical (unpaired) electrons. The van der Waals surface area contributed by atoms with Gasteiger partial charge in [-0.3, -0.25) is 0 Å². The fourth-order valence-corrected chi connectivity index (χ4v) is 4.06. The van der Waals surface area contributed by atoms with Gasteiger partial charge >= 0.3 is 0 Å². The maximum absolute atomic E-state index is 11.6. The quantitative estimate of drug-likeness (QED) is 0.780. The predicted octanol–water partition coefficient (Wildman–Crippen LogP) is -0.0614. The standard InChI is InChI=1S/C12H25N3O2S/c1-18(16,17)15-5-2-3-12(10-15)9-14-6-4-11(7-13)8-14/h11-12H,2-10,13H2,1H3. The van der Waals surface area contributed by atoms with E-state index >= 15 is 0 Å². The molecule has 0 aromatic heterocycles. The van der Waals surface area contributed by atoms with Crippen LogP contribution in [0.25, 0.3) is 0 Å². The Kier molecular flexibility index (Phi) is 4.64. The van der Waals surface area contributed by atoms with Gasteiger partial charge in [0.1, 0.15) is 0 Å². The van der Waals surface area contributed by atoms with Crippen molar-refractivity contribution in [2.75, 3.05) is 45.5 Å². The lowest BCUT2D eigenvalue weighted by molar-refractivity contribution is 0.197. The summed E-state index contributed by atoms with van der Waals surface area (Å²) in [5.74, 6) is 1.13. The van der Waals surface area contributed by atoms with E-state index in [1.54, 1.807) is 4.31 Å². The minimum Gasteiger partial charge on any atom is -0.330 e. The van der Waals surface area contributed by atoms with E-state index in [2.05, 4.69) is 4.90 Å². The first kappa shape index (κ1) is 14.2. The predicted molar refractivity (Wildman–Crippen MR) is 72.7 cm³/mol. The molecule has 2 unspecified atom stereocenters. The summed E-state index contributed by atoms with van der Waals surface area (Å²) in [7, 11) is -3.01. The lowest BCUT2D eigenvalue weighted by atomic mass is 9.99. The lowest BCUT2D eigenvalue weighted by Crippen LogP contribution is -2.43. The number of piperidine rings is 1. The van der Waals surface area contributed by atoms with Crippen molar-refractivity contribution in [3.8, 4) is 0 Å². The van der Waals surface area contributed by atoms with Gasteiger partial charge in [-0.1, -0.05) is 0 Å². The van der Waals surface area contributed by atoms with Gasteiger partial charge in [-0.05, 0) is 44.2 Å². The Hall–Kier alpha value is -0.170. The van der Waals surface area contributed by atoms with E-state index < -0.39 is 10.0 Å². The molecule has 0 aliphatic carbocycles. The second-order valence-electron chi connectivity index (χ2n) is 5.78. The van der Waals surface area contributed by atoms with Gasteiger partial charge in [0.05, 0.1) is 6.26 Å². The van der Waals surface area contributed by atoms with Crippen LogP contribution in [-0.4, -0.2) is 63.1 Å². The average Bonchev–Trinajstić information content (AvgIpc) is 2.76. The van der Waals surface area contributed by atoms with Crippen LogP contribution < -0.4 is 5.73 Å². The van der Waals surface area contributed by atoms with Crippen molar-refractivity contribution in [2.45, 2.75) is 19.3 Å². The van der Waals surface area contributed by atoms with Crippen LogP contribution in [0, 0.1) is 11.8 Å². The van der Waals surface area contributed by atoms with Crippen LogP contribution in [-0.2, 0) is 10.0 Å². The maximum atomic E-state index is 11.6. The third-order valence-corrected chi connectivity index (χ3v) is 5.44. The molecule has 0 aromatic rings. The van der Waals surface area contributed by atoms with Crippen molar-refractivity contribution in [1.82, 2.24) is 9.21 Å². The molecule has 2 fully saturated rings. The van der Waals surface area contributed by atoms with Crippen molar-refractivity contribution in [1.29, 1.82) is 0 Å². The van der Waals surface area contributed by atoms with E-state index in [9.17, 15) is 8.42 Å². The molecule has 2 saturated heterocycles. The number of likely N-dealkylation sites (tertiary alicyclic amines) is 1. The van der Waals surface area contributed by atoms with E-state index in [1.165, 1.54) is 12.7 Å². The van der Waals surface area contributed by atoms with Crippen LogP contribution in [0.1, 0.15) is 19.3 Å². The van der Waals surface area contributed by atoms with E-state index in [1.807, 2.05) is 0 Å². The molecule has 0 bridgehead atoms. The van der Waals surface area contributed by atoms with Gasteiger partial charge in [-0.25, -0.2) is 12.7 Å². The highest BCUT2D eigenvalue weighted by Gasteiger charge is 2.29. The zero-order valence-corrected chi connectivity index (χ0v) is 12.0. The number of hydrogen-bond donors (Lipinski definition) is 1. The Bertz CT molecular complexity index is 372. The zero-order chi connectivity index (χ0) is 13.2. The first-order chi connectivity index (χ1) is 8.49. The molecule has 0 amide bonds. The molecule has 6 heteroatoms. The monoisotopic (exact) mass is 275 g/mol. The van der Waals surface area contributed by atoms with Gasteiger partial charge < -0.3 is 10.6 Å². The smallest absolute Gasteiger partial charge is 0.211 e. The van der Waals surface area contributed by atoms with E-state index in [0.717, 1.165) is 39.0 Å². The van der Waals surface area contributed by atoms with Gasteiger partial charge in [0, 0.05) is 26.2 Å². The Morgan fingerprint density at radius 2 is 1.94 bits per heavy atom. The molecule has 2 rings (SSSR count). The molecule has 5 nitrogen and oxygen atoms in total. The summed E-state index contributed by atoms with van der Waals surface area (Å²) in [4.78, 5) is 2.45. The summed E-state index contributed by atoms with van der Waals surface area (Å²) in [5, 5.41) is 0. The summed E-state index contributed by atoms with van der Waals surface area (Å²) in [6.07, 6.45) is 4.65. The molecule has 0 spiro atoms. The fourth-order valence-electron chi connectivity index (χ4n) is 3.11. The summed E-state index contributed by atoms with van der Waals surface area (Å²) < 4.78 is 24.8. The van der Waals surface area contributed by atoms with Gasteiger partial charge in [-0.15, -0.1) is 0 Å². The number of nitrogens with two attached hydrogens (primary N) is 1. The molecule has 106 valence electrons. The van der Waals surface area contributed by atoms with Crippen LogP contribution in [0.3, 0.4) is 0 Å². The molecular weight excluding hydrogens is 250 g/mol. The minimum absolute atomic E-state index is 0.491. The molecular formula is C12H25N3O2S. The number of sulfonamides is 1. The van der Waals surface area contributed by atoms with E-state index in [0.29, 0.717) is 24.9 Å². The van der Waals surface area contributed by atoms with Crippen molar-refractivity contribution >= 4 is 10.0 Å². The van der Waals surface area contributed by atoms with E-state index in [4.69, 9.17) is 5.73 Å². The minimum atomic E-state index is -3.01. The topological polar surface area (TPSA) is 66.6 Å². The van der Waals surface area contributed by atoms with E-state index in [-0.39, 0.29) is 0 Å². The van der Waals surface area contributed by atoms with Crippen molar-refractivity contribution in [3.05, 3.63) is 0 Å². The second-order valence-corrected chi connectivity index (χ2v) is 7.76. The molecule has 0 aromatic carbocycles. The molecule has 2 aliphatic heterocycles. The van der Waals surface area contributed by atoms with Crippen molar-refractivity contribution < 1.29 is 8.42 Å². The summed E-state index contributed by atoms with van der Waals surface area (Å²) >= 11 is 0. The normalized spacial score (nSPS) is 31.9. The van der Waals surface area contributed by atoms with Crippen molar-refractivity contribution in [3.63, 3.8) is 0 Å². The Labute approximate surface area is 110 Å². The molecule has 2 atom stereocenters. The van der Waals surface area contributed by atoms with Gasteiger partial charge in [0.15, 0.2) is 0 Å². The van der Waals surface area contributed by atoms with Crippen LogP contribution in [0.5, 0.6) is 0 Å². The SMILES string of the molecule is CS(=O)(=O)N1CCCC(CN2CCC(CN)C2)C1. The van der Waals surface area contributed by atoms with Crippen LogP contribution in [0.2, 0.25) is 0 Å². The summed E-state index contributed by atoms with van der Waals surface area (Å²) in [6, 6.07) is 0. The van der Waals surface area contributed by atoms with Gasteiger partial charge in [0.2, 0.25) is 10.0 Å². The molecule has 2 N–H and O–H groups in total. The largest absolute Gasteiger partial charge is 0.330 e. The first-order valence-electron chi connectivity index (χ1n) is 6.86. The highest BCUT2D eigenvalue weighted by atomic mass is 32.2. The number of nitrogens with zero attached hydrogens (tertiary/aromatic N) is 2. The van der Waals surface area contributed by atoms with Gasteiger partial charge in [0.25, 0.3) is 0 Å². The van der Waals surface area contributed by atoms with Crippen LogP contribution in [0.4, 0.5) is 0 Å². The third kappa shape index (κ3) is 3.66. The third-order valence-electron chi connectivity index (χ3n) is 4.17. The maximum Gasteiger partial charge on any atom is 0.211 e. The summed E-state index contributed by atoms with van der Waals surface area (Å²) in [5.41, 5.74) is 5.69.